The normalized spacial score (nSPS) is 22.4. The highest BCUT2D eigenvalue weighted by molar-refractivity contribution is 4.97. The Bertz CT molecular complexity index is 678. The first kappa shape index (κ1) is 15.8. The van der Waals surface area contributed by atoms with Crippen LogP contribution in [0.5, 0.6) is 0 Å². The molecule has 7 heteroatoms. The zero-order chi connectivity index (χ0) is 16.5. The number of likely N-dealkylation sites (N-methyl/N-ethyl adjacent to an activating group) is 1. The van der Waals surface area contributed by atoms with Crippen molar-refractivity contribution in [2.75, 3.05) is 20.1 Å². The van der Waals surface area contributed by atoms with Crippen LogP contribution >= 0.6 is 0 Å². The Labute approximate surface area is 142 Å². The van der Waals surface area contributed by atoms with E-state index in [1.807, 2.05) is 6.92 Å². The summed E-state index contributed by atoms with van der Waals surface area (Å²) in [4.78, 5) is 9.00. The van der Waals surface area contributed by atoms with Crippen molar-refractivity contribution < 1.29 is 8.83 Å². The molecule has 1 aliphatic heterocycles. The zero-order valence-corrected chi connectivity index (χ0v) is 14.4. The van der Waals surface area contributed by atoms with Gasteiger partial charge in [0.05, 0.1) is 19.3 Å². The lowest BCUT2D eigenvalue weighted by atomic mass is 9.85. The first-order valence-corrected chi connectivity index (χ1v) is 8.83. The highest BCUT2D eigenvalue weighted by atomic mass is 16.4. The van der Waals surface area contributed by atoms with E-state index < -0.39 is 0 Å². The van der Waals surface area contributed by atoms with Gasteiger partial charge in [0.15, 0.2) is 0 Å². The smallest absolute Gasteiger partial charge is 0.230 e. The topological polar surface area (TPSA) is 71.4 Å². The van der Waals surface area contributed by atoms with Crippen molar-refractivity contribution in [1.82, 2.24) is 25.0 Å². The maximum atomic E-state index is 5.84. The largest absolute Gasteiger partial charge is 0.445 e. The van der Waals surface area contributed by atoms with E-state index in [2.05, 4.69) is 32.0 Å². The van der Waals surface area contributed by atoms with Gasteiger partial charge in [0.1, 0.15) is 5.76 Å². The molecule has 0 N–H and O–H groups in total. The summed E-state index contributed by atoms with van der Waals surface area (Å²) in [7, 11) is 2.13. The van der Waals surface area contributed by atoms with Gasteiger partial charge in [-0.1, -0.05) is 6.42 Å². The van der Waals surface area contributed by atoms with Crippen molar-refractivity contribution in [2.45, 2.75) is 57.7 Å². The van der Waals surface area contributed by atoms with Crippen LogP contribution in [0.2, 0.25) is 0 Å². The Hall–Kier alpha value is -1.73. The Balaban J connectivity index is 1.28. The summed E-state index contributed by atoms with van der Waals surface area (Å²) < 4.78 is 11.4. The molecular weight excluding hydrogens is 306 g/mol. The van der Waals surface area contributed by atoms with E-state index in [0.29, 0.717) is 12.0 Å². The fraction of sp³-hybridized carbons (Fsp3) is 0.706. The molecule has 1 atom stereocenters. The minimum absolute atomic E-state index is 0.506. The van der Waals surface area contributed by atoms with E-state index in [9.17, 15) is 0 Å². The lowest BCUT2D eigenvalue weighted by Gasteiger charge is -2.23. The Morgan fingerprint density at radius 2 is 2.08 bits per heavy atom. The summed E-state index contributed by atoms with van der Waals surface area (Å²) in [5.41, 5.74) is 0. The molecule has 0 aromatic carbocycles. The fourth-order valence-corrected chi connectivity index (χ4v) is 3.47. The van der Waals surface area contributed by atoms with Gasteiger partial charge >= 0.3 is 0 Å². The van der Waals surface area contributed by atoms with Crippen LogP contribution in [-0.4, -0.2) is 51.2 Å². The van der Waals surface area contributed by atoms with Crippen molar-refractivity contribution in [3.8, 4) is 0 Å². The monoisotopic (exact) mass is 331 g/mol. The number of aryl methyl sites for hydroxylation is 1. The molecule has 4 rings (SSSR count). The molecule has 24 heavy (non-hydrogen) atoms. The molecule has 0 bridgehead atoms. The molecule has 0 amide bonds. The van der Waals surface area contributed by atoms with E-state index in [1.165, 1.54) is 19.3 Å². The van der Waals surface area contributed by atoms with Gasteiger partial charge in [-0.2, -0.15) is 0 Å². The molecule has 7 nitrogen and oxygen atoms in total. The predicted octanol–water partition coefficient (Wildman–Crippen LogP) is 2.34. The summed E-state index contributed by atoms with van der Waals surface area (Å²) in [5, 5.41) is 8.44. The van der Waals surface area contributed by atoms with Crippen molar-refractivity contribution >= 4 is 0 Å². The second kappa shape index (κ2) is 6.64. The van der Waals surface area contributed by atoms with Gasteiger partial charge in [-0.15, -0.1) is 10.2 Å². The SMILES string of the molecule is Cc1cnc(CN(C)[C@H]2CCN(Cc3nnc(C4CCC4)o3)C2)o1. The number of hydrogen-bond acceptors (Lipinski definition) is 7. The van der Waals surface area contributed by atoms with Crippen LogP contribution < -0.4 is 0 Å². The molecule has 2 fully saturated rings. The van der Waals surface area contributed by atoms with Crippen LogP contribution in [0, 0.1) is 6.92 Å². The molecule has 1 saturated carbocycles. The summed E-state index contributed by atoms with van der Waals surface area (Å²) in [6.07, 6.45) is 6.59. The minimum Gasteiger partial charge on any atom is -0.445 e. The van der Waals surface area contributed by atoms with Gasteiger partial charge in [-0.3, -0.25) is 9.80 Å². The van der Waals surface area contributed by atoms with E-state index in [-0.39, 0.29) is 0 Å². The summed E-state index contributed by atoms with van der Waals surface area (Å²) >= 11 is 0. The molecule has 1 saturated heterocycles. The Morgan fingerprint density at radius 1 is 1.21 bits per heavy atom. The number of oxazole rings is 1. The maximum Gasteiger partial charge on any atom is 0.230 e. The Kier molecular flexibility index (Phi) is 4.37. The van der Waals surface area contributed by atoms with Gasteiger partial charge < -0.3 is 8.83 Å². The molecular formula is C17H25N5O2. The Morgan fingerprint density at radius 3 is 2.79 bits per heavy atom. The summed E-state index contributed by atoms with van der Waals surface area (Å²) in [6, 6.07) is 0.506. The molecule has 2 aromatic rings. The highest BCUT2D eigenvalue weighted by Crippen LogP contribution is 2.35. The third kappa shape index (κ3) is 3.37. The number of aromatic nitrogens is 3. The van der Waals surface area contributed by atoms with Gasteiger partial charge in [-0.05, 0) is 33.2 Å². The molecule has 0 unspecified atom stereocenters. The maximum absolute atomic E-state index is 5.84. The average Bonchev–Trinajstić information content (AvgIpc) is 3.20. The van der Waals surface area contributed by atoms with Crippen molar-refractivity contribution in [1.29, 1.82) is 0 Å². The molecule has 2 aliphatic rings. The highest BCUT2D eigenvalue weighted by Gasteiger charge is 2.29. The fourth-order valence-electron chi connectivity index (χ4n) is 3.47. The second-order valence-electron chi connectivity index (χ2n) is 7.12. The first-order valence-electron chi connectivity index (χ1n) is 8.83. The average molecular weight is 331 g/mol. The van der Waals surface area contributed by atoms with E-state index in [0.717, 1.165) is 56.0 Å². The standard InChI is InChI=1S/C17H25N5O2/c1-12-8-18-15(23-12)10-21(2)14-6-7-22(9-14)11-16-19-20-17(24-16)13-4-3-5-13/h8,13-14H,3-7,9-11H2,1-2H3/t14-/m0/s1. The second-order valence-corrected chi connectivity index (χ2v) is 7.12. The summed E-state index contributed by atoms with van der Waals surface area (Å²) in [5.74, 6) is 3.75. The van der Waals surface area contributed by atoms with Crippen LogP contribution in [0.3, 0.4) is 0 Å². The minimum atomic E-state index is 0.506. The third-order valence-electron chi connectivity index (χ3n) is 5.22. The van der Waals surface area contributed by atoms with Crippen molar-refractivity contribution in [3.63, 3.8) is 0 Å². The summed E-state index contributed by atoms with van der Waals surface area (Å²) in [6.45, 7) is 5.50. The van der Waals surface area contributed by atoms with E-state index >= 15 is 0 Å². The third-order valence-corrected chi connectivity index (χ3v) is 5.22. The first-order chi connectivity index (χ1) is 11.7. The zero-order valence-electron chi connectivity index (χ0n) is 14.4. The molecule has 2 aromatic heterocycles. The van der Waals surface area contributed by atoms with Gasteiger partial charge in [0, 0.05) is 25.0 Å². The number of rotatable bonds is 6. The molecule has 0 radical (unpaired) electrons. The van der Waals surface area contributed by atoms with Crippen LogP contribution in [0.1, 0.15) is 55.0 Å². The van der Waals surface area contributed by atoms with Crippen LogP contribution in [0.25, 0.3) is 0 Å². The van der Waals surface area contributed by atoms with Crippen LogP contribution in [-0.2, 0) is 13.1 Å². The molecule has 1 aliphatic carbocycles. The lowest BCUT2D eigenvalue weighted by Crippen LogP contribution is -2.34. The number of likely N-dealkylation sites (tertiary alicyclic amines) is 1. The quantitative estimate of drug-likeness (QED) is 0.804. The molecule has 130 valence electrons. The van der Waals surface area contributed by atoms with E-state index in [1.54, 1.807) is 6.20 Å². The van der Waals surface area contributed by atoms with Crippen molar-refractivity contribution in [2.24, 2.45) is 0 Å². The number of nitrogens with zero attached hydrogens (tertiary/aromatic N) is 5. The van der Waals surface area contributed by atoms with Crippen LogP contribution in [0.4, 0.5) is 0 Å². The van der Waals surface area contributed by atoms with Crippen molar-refractivity contribution in [3.05, 3.63) is 29.6 Å². The van der Waals surface area contributed by atoms with Crippen LogP contribution in [0.15, 0.2) is 15.0 Å². The van der Waals surface area contributed by atoms with Gasteiger partial charge in [0.25, 0.3) is 0 Å². The van der Waals surface area contributed by atoms with Gasteiger partial charge in [-0.25, -0.2) is 4.98 Å². The predicted molar refractivity (Wildman–Crippen MR) is 87.3 cm³/mol. The lowest BCUT2D eigenvalue weighted by molar-refractivity contribution is 0.198. The van der Waals surface area contributed by atoms with Gasteiger partial charge in [0.2, 0.25) is 17.7 Å². The molecule has 3 heterocycles. The number of hydrogen-bond donors (Lipinski definition) is 0. The van der Waals surface area contributed by atoms with E-state index in [4.69, 9.17) is 8.83 Å². The molecule has 0 spiro atoms.